The van der Waals surface area contributed by atoms with Gasteiger partial charge in [-0.25, -0.2) is 9.59 Å². The summed E-state index contributed by atoms with van der Waals surface area (Å²) in [6, 6.07) is 8.21. The maximum atomic E-state index is 12.5. The second kappa shape index (κ2) is 5.83. The first kappa shape index (κ1) is 15.8. The Balaban J connectivity index is 1.53. The molecule has 0 radical (unpaired) electrons. The van der Waals surface area contributed by atoms with E-state index in [1.807, 2.05) is 30.3 Å². The Labute approximate surface area is 133 Å². The van der Waals surface area contributed by atoms with Gasteiger partial charge in [0.25, 0.3) is 0 Å². The highest BCUT2D eigenvalue weighted by Crippen LogP contribution is 2.76. The van der Waals surface area contributed by atoms with Crippen LogP contribution < -0.4 is 5.32 Å². The van der Waals surface area contributed by atoms with Gasteiger partial charge in [0.15, 0.2) is 0 Å². The molecule has 0 saturated heterocycles. The largest absolute Gasteiger partial charge is 0.480 e. The van der Waals surface area contributed by atoms with E-state index in [9.17, 15) is 19.1 Å². The lowest BCUT2D eigenvalue weighted by Crippen LogP contribution is -2.71. The first-order valence-electron chi connectivity index (χ1n) is 7.75. The van der Waals surface area contributed by atoms with Crippen LogP contribution in [0.25, 0.3) is 0 Å². The van der Waals surface area contributed by atoms with Crippen LogP contribution in [-0.2, 0) is 16.1 Å². The van der Waals surface area contributed by atoms with Crippen LogP contribution in [0.15, 0.2) is 30.3 Å². The van der Waals surface area contributed by atoms with Crippen LogP contribution in [0.2, 0.25) is 0 Å². The second-order valence-electron chi connectivity index (χ2n) is 6.81. The Bertz CT molecular complexity index is 584. The standard InChI is InChI=1S/C17H20FNO4/c18-7-6-16-9-17(10-16,11-16)13(14(20)21)19-15(22)23-8-12-4-2-1-3-5-12/h1-5,13H,6-11H2,(H,19,22)(H,20,21). The first-order chi connectivity index (χ1) is 11.0. The predicted molar refractivity (Wildman–Crippen MR) is 80.5 cm³/mol. The fraction of sp³-hybridized carbons (Fsp3) is 0.529. The minimum Gasteiger partial charge on any atom is -0.480 e. The average molecular weight is 321 g/mol. The molecular weight excluding hydrogens is 301 g/mol. The van der Waals surface area contributed by atoms with Gasteiger partial charge < -0.3 is 15.2 Å². The van der Waals surface area contributed by atoms with Gasteiger partial charge in [-0.1, -0.05) is 30.3 Å². The van der Waals surface area contributed by atoms with Crippen molar-refractivity contribution in [1.29, 1.82) is 0 Å². The van der Waals surface area contributed by atoms with Crippen LogP contribution in [0.5, 0.6) is 0 Å². The number of amides is 1. The van der Waals surface area contributed by atoms with Crippen molar-refractivity contribution in [2.45, 2.75) is 38.3 Å². The molecule has 1 unspecified atom stereocenters. The maximum absolute atomic E-state index is 12.5. The molecule has 3 fully saturated rings. The average Bonchev–Trinajstić information content (AvgIpc) is 2.46. The molecule has 0 spiro atoms. The van der Waals surface area contributed by atoms with Gasteiger partial charge in [0.1, 0.15) is 12.6 Å². The monoisotopic (exact) mass is 321 g/mol. The molecule has 3 aliphatic carbocycles. The van der Waals surface area contributed by atoms with Crippen molar-refractivity contribution >= 4 is 12.1 Å². The van der Waals surface area contributed by atoms with Crippen LogP contribution in [0.1, 0.15) is 31.2 Å². The van der Waals surface area contributed by atoms with E-state index in [2.05, 4.69) is 5.32 Å². The van der Waals surface area contributed by atoms with Gasteiger partial charge in [-0.15, -0.1) is 0 Å². The molecule has 124 valence electrons. The van der Waals surface area contributed by atoms with Crippen molar-refractivity contribution in [3.8, 4) is 0 Å². The number of hydrogen-bond acceptors (Lipinski definition) is 3. The minimum absolute atomic E-state index is 0.0297. The summed E-state index contributed by atoms with van der Waals surface area (Å²) in [6.07, 6.45) is 1.75. The molecule has 23 heavy (non-hydrogen) atoms. The number of nitrogens with one attached hydrogen (secondary N) is 1. The van der Waals surface area contributed by atoms with E-state index in [-0.39, 0.29) is 18.7 Å². The van der Waals surface area contributed by atoms with Gasteiger partial charge in [-0.2, -0.15) is 0 Å². The Morgan fingerprint density at radius 2 is 1.91 bits per heavy atom. The minimum atomic E-state index is -1.06. The topological polar surface area (TPSA) is 75.6 Å². The van der Waals surface area contributed by atoms with Gasteiger partial charge in [0.05, 0.1) is 6.67 Å². The molecule has 6 heteroatoms. The normalized spacial score (nSPS) is 28.9. The smallest absolute Gasteiger partial charge is 0.408 e. The summed E-state index contributed by atoms with van der Waals surface area (Å²) in [5.41, 5.74) is 0.382. The van der Waals surface area contributed by atoms with E-state index in [0.717, 1.165) is 5.56 Å². The van der Waals surface area contributed by atoms with Crippen molar-refractivity contribution in [2.24, 2.45) is 10.8 Å². The van der Waals surface area contributed by atoms with Crippen molar-refractivity contribution < 1.29 is 23.8 Å². The van der Waals surface area contributed by atoms with E-state index in [1.165, 1.54) is 0 Å². The number of halogens is 1. The number of aliphatic carboxylic acids is 1. The molecule has 1 amide bonds. The summed E-state index contributed by atoms with van der Waals surface area (Å²) in [7, 11) is 0. The van der Waals surface area contributed by atoms with Gasteiger partial charge in [0, 0.05) is 5.41 Å². The molecular formula is C17H20FNO4. The van der Waals surface area contributed by atoms with Crippen LogP contribution in [0.4, 0.5) is 9.18 Å². The number of hydrogen-bond donors (Lipinski definition) is 2. The van der Waals surface area contributed by atoms with Gasteiger partial charge in [-0.05, 0) is 36.7 Å². The summed E-state index contributed by atoms with van der Waals surface area (Å²) < 4.78 is 17.6. The third-order valence-corrected chi connectivity index (χ3v) is 5.14. The number of carboxylic acid groups (broad SMARTS) is 1. The molecule has 4 rings (SSSR count). The molecule has 2 bridgehead atoms. The SMILES string of the molecule is O=C(NC(C(=O)O)C12CC(CCF)(C1)C2)OCc1ccccc1. The number of benzene rings is 1. The van der Waals surface area contributed by atoms with Crippen molar-refractivity contribution in [1.82, 2.24) is 5.32 Å². The highest BCUT2D eigenvalue weighted by Gasteiger charge is 2.71. The lowest BCUT2D eigenvalue weighted by Gasteiger charge is -2.72. The number of carbonyl (C=O) groups excluding carboxylic acids is 1. The van der Waals surface area contributed by atoms with Gasteiger partial charge in [0.2, 0.25) is 0 Å². The molecule has 1 atom stereocenters. The summed E-state index contributed by atoms with van der Waals surface area (Å²) in [5, 5.41) is 11.9. The highest BCUT2D eigenvalue weighted by molar-refractivity contribution is 5.81. The number of rotatable bonds is 7. The zero-order chi connectivity index (χ0) is 16.5. The molecule has 3 aliphatic rings. The number of ether oxygens (including phenoxy) is 1. The fourth-order valence-corrected chi connectivity index (χ4v) is 4.22. The van der Waals surface area contributed by atoms with Crippen LogP contribution >= 0.6 is 0 Å². The second-order valence-corrected chi connectivity index (χ2v) is 6.81. The van der Waals surface area contributed by atoms with Crippen LogP contribution in [0, 0.1) is 10.8 Å². The zero-order valence-corrected chi connectivity index (χ0v) is 12.8. The van der Waals surface area contributed by atoms with E-state index in [1.54, 1.807) is 0 Å². The third-order valence-electron chi connectivity index (χ3n) is 5.14. The highest BCUT2D eigenvalue weighted by atomic mass is 19.1. The van der Waals surface area contributed by atoms with Gasteiger partial charge in [-0.3, -0.25) is 4.39 Å². The molecule has 0 aliphatic heterocycles. The number of carbonyl (C=O) groups is 2. The third kappa shape index (κ3) is 2.90. The summed E-state index contributed by atoms with van der Waals surface area (Å²) in [4.78, 5) is 23.4. The Hall–Kier alpha value is -2.11. The summed E-state index contributed by atoms with van der Waals surface area (Å²) >= 11 is 0. The number of alkyl carbamates (subject to hydrolysis) is 1. The Morgan fingerprint density at radius 3 is 2.48 bits per heavy atom. The summed E-state index contributed by atoms with van der Waals surface area (Å²) in [6.45, 7) is -0.280. The van der Waals surface area contributed by atoms with E-state index < -0.39 is 23.5 Å². The van der Waals surface area contributed by atoms with Crippen LogP contribution in [-0.4, -0.2) is 29.9 Å². The maximum Gasteiger partial charge on any atom is 0.408 e. The molecule has 5 nitrogen and oxygen atoms in total. The quantitative estimate of drug-likeness (QED) is 0.809. The predicted octanol–water partition coefficient (Wildman–Crippen LogP) is 2.90. The Kier molecular flexibility index (Phi) is 4.00. The molecule has 0 heterocycles. The summed E-state index contributed by atoms with van der Waals surface area (Å²) in [5.74, 6) is -1.06. The van der Waals surface area contributed by atoms with Crippen molar-refractivity contribution in [3.05, 3.63) is 35.9 Å². The molecule has 0 aromatic heterocycles. The van der Waals surface area contributed by atoms with Gasteiger partial charge >= 0.3 is 12.1 Å². The van der Waals surface area contributed by atoms with E-state index >= 15 is 0 Å². The number of alkyl halides is 1. The van der Waals surface area contributed by atoms with E-state index in [0.29, 0.717) is 25.7 Å². The Morgan fingerprint density at radius 1 is 1.26 bits per heavy atom. The van der Waals surface area contributed by atoms with Crippen LogP contribution in [0.3, 0.4) is 0 Å². The van der Waals surface area contributed by atoms with E-state index in [4.69, 9.17) is 4.74 Å². The number of carboxylic acids is 1. The van der Waals surface area contributed by atoms with Crippen molar-refractivity contribution in [2.75, 3.05) is 6.67 Å². The first-order valence-corrected chi connectivity index (χ1v) is 7.75. The lowest BCUT2D eigenvalue weighted by molar-refractivity contribution is -0.228. The lowest BCUT2D eigenvalue weighted by atomic mass is 9.32. The molecule has 1 aromatic rings. The fourth-order valence-electron chi connectivity index (χ4n) is 4.22. The molecule has 3 saturated carbocycles. The molecule has 2 N–H and O–H groups in total. The molecule has 1 aromatic carbocycles. The van der Waals surface area contributed by atoms with Crippen molar-refractivity contribution in [3.63, 3.8) is 0 Å². The zero-order valence-electron chi connectivity index (χ0n) is 12.8.